The number of fused-ring (bicyclic) bond motifs is 1. The smallest absolute Gasteiger partial charge is 0.304 e. The Bertz CT molecular complexity index is 286. The summed E-state index contributed by atoms with van der Waals surface area (Å²) < 4.78 is 0. The second-order valence-corrected chi connectivity index (χ2v) is 4.93. The van der Waals surface area contributed by atoms with Crippen molar-refractivity contribution in [2.24, 2.45) is 17.3 Å². The van der Waals surface area contributed by atoms with Gasteiger partial charge in [0.05, 0.1) is 6.42 Å². The number of hydrogen-bond donors (Lipinski definition) is 1. The van der Waals surface area contributed by atoms with Crippen molar-refractivity contribution in [3.8, 4) is 0 Å². The maximum absolute atomic E-state index is 10.8. The van der Waals surface area contributed by atoms with E-state index in [1.165, 1.54) is 0 Å². The van der Waals surface area contributed by atoms with Crippen LogP contribution < -0.4 is 0 Å². The van der Waals surface area contributed by atoms with Crippen molar-refractivity contribution in [1.82, 2.24) is 0 Å². The second kappa shape index (κ2) is 3.47. The lowest BCUT2D eigenvalue weighted by Gasteiger charge is -2.49. The van der Waals surface area contributed by atoms with E-state index in [1.54, 1.807) is 0 Å². The summed E-state index contributed by atoms with van der Waals surface area (Å²) in [5, 5.41) is 19.4. The van der Waals surface area contributed by atoms with E-state index in [-0.39, 0.29) is 17.9 Å². The number of nitro groups is 1. The van der Waals surface area contributed by atoms with Crippen LogP contribution in [0.3, 0.4) is 0 Å². The van der Waals surface area contributed by atoms with Gasteiger partial charge < -0.3 is 5.11 Å². The van der Waals surface area contributed by atoms with E-state index in [4.69, 9.17) is 5.11 Å². The summed E-state index contributed by atoms with van der Waals surface area (Å²) in [5.41, 5.74) is -0.531. The molecule has 3 atom stereocenters. The average Bonchev–Trinajstić information content (AvgIpc) is 2.44. The van der Waals surface area contributed by atoms with Gasteiger partial charge in [-0.05, 0) is 24.7 Å². The fraction of sp³-hybridized carbons (Fsp3) is 0.900. The molecule has 2 aliphatic rings. The third-order valence-corrected chi connectivity index (χ3v) is 4.06. The number of rotatable bonds is 4. The van der Waals surface area contributed by atoms with Gasteiger partial charge >= 0.3 is 5.97 Å². The molecule has 0 amide bonds. The molecule has 0 unspecified atom stereocenters. The zero-order valence-electron chi connectivity index (χ0n) is 8.52. The van der Waals surface area contributed by atoms with Gasteiger partial charge in [-0.1, -0.05) is 12.8 Å². The highest BCUT2D eigenvalue weighted by Crippen LogP contribution is 2.60. The van der Waals surface area contributed by atoms with E-state index >= 15 is 0 Å². The van der Waals surface area contributed by atoms with Crippen LogP contribution in [0.1, 0.15) is 32.1 Å². The van der Waals surface area contributed by atoms with Gasteiger partial charge in [-0.3, -0.25) is 14.9 Å². The van der Waals surface area contributed by atoms with Crippen molar-refractivity contribution in [3.05, 3.63) is 10.1 Å². The van der Waals surface area contributed by atoms with Gasteiger partial charge in [-0.25, -0.2) is 0 Å². The van der Waals surface area contributed by atoms with Crippen LogP contribution in [0.2, 0.25) is 0 Å². The van der Waals surface area contributed by atoms with Crippen LogP contribution >= 0.6 is 0 Å². The number of carboxylic acids is 1. The molecule has 0 aromatic carbocycles. The maximum atomic E-state index is 10.8. The standard InChI is InChI=1S/C10H15NO4/c12-9(13)5-10(6-11(14)15)4-7-2-1-3-8(7)10/h7-8H,1-6H2,(H,12,13)/t7-,8-,10+/m0/s1. The number of carbonyl (C=O) groups is 1. The molecule has 0 aliphatic heterocycles. The minimum atomic E-state index is -0.901. The molecule has 5 nitrogen and oxygen atoms in total. The van der Waals surface area contributed by atoms with E-state index in [2.05, 4.69) is 0 Å². The summed E-state index contributed by atoms with van der Waals surface area (Å²) in [6.45, 7) is -0.166. The Morgan fingerprint density at radius 2 is 2.27 bits per heavy atom. The van der Waals surface area contributed by atoms with Crippen LogP contribution in [0.5, 0.6) is 0 Å². The summed E-state index contributed by atoms with van der Waals surface area (Å²) in [6, 6.07) is 0. The Labute approximate surface area is 87.6 Å². The van der Waals surface area contributed by atoms with Crippen LogP contribution in [0.4, 0.5) is 0 Å². The molecular formula is C10H15NO4. The largest absolute Gasteiger partial charge is 0.481 e. The van der Waals surface area contributed by atoms with E-state index in [9.17, 15) is 14.9 Å². The minimum Gasteiger partial charge on any atom is -0.481 e. The zero-order chi connectivity index (χ0) is 11.1. The summed E-state index contributed by atoms with van der Waals surface area (Å²) in [7, 11) is 0. The molecule has 0 radical (unpaired) electrons. The fourth-order valence-corrected chi connectivity index (χ4v) is 3.60. The zero-order valence-corrected chi connectivity index (χ0v) is 8.52. The molecule has 2 fully saturated rings. The normalized spacial score (nSPS) is 38.1. The Balaban J connectivity index is 2.10. The first kappa shape index (κ1) is 10.4. The lowest BCUT2D eigenvalue weighted by molar-refractivity contribution is -0.506. The Kier molecular flexibility index (Phi) is 2.40. The molecule has 0 bridgehead atoms. The lowest BCUT2D eigenvalue weighted by Crippen LogP contribution is -2.50. The van der Waals surface area contributed by atoms with E-state index in [0.717, 1.165) is 25.7 Å². The maximum Gasteiger partial charge on any atom is 0.304 e. The molecule has 0 heterocycles. The molecule has 2 saturated carbocycles. The summed E-state index contributed by atoms with van der Waals surface area (Å²) in [6.07, 6.45) is 3.92. The first-order valence-electron chi connectivity index (χ1n) is 5.37. The summed E-state index contributed by atoms with van der Waals surface area (Å²) in [4.78, 5) is 21.0. The molecule has 15 heavy (non-hydrogen) atoms. The molecule has 0 aromatic heterocycles. The lowest BCUT2D eigenvalue weighted by atomic mass is 9.53. The molecule has 84 valence electrons. The molecule has 0 saturated heterocycles. The Morgan fingerprint density at radius 3 is 2.80 bits per heavy atom. The van der Waals surface area contributed by atoms with Crippen molar-refractivity contribution in [2.75, 3.05) is 6.54 Å². The molecule has 1 N–H and O–H groups in total. The third kappa shape index (κ3) is 1.70. The van der Waals surface area contributed by atoms with Crippen LogP contribution in [0.25, 0.3) is 0 Å². The Hall–Kier alpha value is -1.13. The quantitative estimate of drug-likeness (QED) is 0.567. The van der Waals surface area contributed by atoms with Crippen molar-refractivity contribution in [3.63, 3.8) is 0 Å². The average molecular weight is 213 g/mol. The van der Waals surface area contributed by atoms with Gasteiger partial charge in [0.1, 0.15) is 0 Å². The SMILES string of the molecule is O=C(O)C[C@@]1(C[N+](=O)[O-])C[C@@H]2CCC[C@@H]21. The molecule has 2 aliphatic carbocycles. The number of aliphatic carboxylic acids is 1. The molecule has 2 rings (SSSR count). The predicted octanol–water partition coefficient (Wildman–Crippen LogP) is 1.54. The summed E-state index contributed by atoms with van der Waals surface area (Å²) >= 11 is 0. The second-order valence-electron chi connectivity index (χ2n) is 4.93. The van der Waals surface area contributed by atoms with E-state index in [0.29, 0.717) is 11.8 Å². The molecule has 0 aromatic rings. The minimum absolute atomic E-state index is 0.0326. The highest BCUT2D eigenvalue weighted by atomic mass is 16.6. The first-order chi connectivity index (χ1) is 7.03. The van der Waals surface area contributed by atoms with Crippen molar-refractivity contribution < 1.29 is 14.8 Å². The van der Waals surface area contributed by atoms with Crippen molar-refractivity contribution in [2.45, 2.75) is 32.1 Å². The Morgan fingerprint density at radius 1 is 1.53 bits per heavy atom. The van der Waals surface area contributed by atoms with Gasteiger partial charge in [-0.2, -0.15) is 0 Å². The highest BCUT2D eigenvalue weighted by molar-refractivity contribution is 5.68. The fourth-order valence-electron chi connectivity index (χ4n) is 3.60. The molecule has 5 heteroatoms. The molecule has 0 spiro atoms. The molecular weight excluding hydrogens is 198 g/mol. The number of hydrogen-bond acceptors (Lipinski definition) is 3. The van der Waals surface area contributed by atoms with Gasteiger partial charge in [0, 0.05) is 10.3 Å². The predicted molar refractivity (Wildman–Crippen MR) is 52.0 cm³/mol. The van der Waals surface area contributed by atoms with Crippen LogP contribution in [0.15, 0.2) is 0 Å². The number of carboxylic acid groups (broad SMARTS) is 1. The third-order valence-electron chi connectivity index (χ3n) is 4.06. The van der Waals surface area contributed by atoms with Crippen LogP contribution in [0, 0.1) is 27.4 Å². The van der Waals surface area contributed by atoms with Crippen molar-refractivity contribution >= 4 is 5.97 Å². The monoisotopic (exact) mass is 213 g/mol. The first-order valence-corrected chi connectivity index (χ1v) is 5.37. The van der Waals surface area contributed by atoms with Crippen LogP contribution in [-0.2, 0) is 4.79 Å². The number of nitrogens with zero attached hydrogens (tertiary/aromatic N) is 1. The van der Waals surface area contributed by atoms with E-state index < -0.39 is 11.4 Å². The highest BCUT2D eigenvalue weighted by Gasteiger charge is 2.58. The van der Waals surface area contributed by atoms with Gasteiger partial charge in [-0.15, -0.1) is 0 Å². The van der Waals surface area contributed by atoms with Gasteiger partial charge in [0.15, 0.2) is 0 Å². The van der Waals surface area contributed by atoms with Gasteiger partial charge in [0.25, 0.3) is 0 Å². The van der Waals surface area contributed by atoms with Gasteiger partial charge in [0.2, 0.25) is 6.54 Å². The summed E-state index contributed by atoms with van der Waals surface area (Å²) in [5.74, 6) is -0.0505. The topological polar surface area (TPSA) is 80.4 Å². The van der Waals surface area contributed by atoms with E-state index in [1.807, 2.05) is 0 Å². The van der Waals surface area contributed by atoms with Crippen LogP contribution in [-0.4, -0.2) is 22.5 Å². The van der Waals surface area contributed by atoms with Crippen molar-refractivity contribution in [1.29, 1.82) is 0 Å².